The average Bonchev–Trinajstić information content (AvgIpc) is 2.16. The number of rotatable bonds is 8. The maximum Gasteiger partial charge on any atom is 0.307 e. The SMILES string of the molecule is COC(=O)CC(C)NCCCOC(C)C. The molecule has 4 nitrogen and oxygen atoms in total. The van der Waals surface area contributed by atoms with Gasteiger partial charge in [-0.2, -0.15) is 0 Å². The molecule has 4 heteroatoms. The number of hydrogen-bond donors (Lipinski definition) is 1. The summed E-state index contributed by atoms with van der Waals surface area (Å²) in [6.45, 7) is 7.64. The van der Waals surface area contributed by atoms with Gasteiger partial charge in [0.2, 0.25) is 0 Å². The molecule has 0 saturated carbocycles. The lowest BCUT2D eigenvalue weighted by Crippen LogP contribution is -2.30. The van der Waals surface area contributed by atoms with Crippen LogP contribution in [-0.2, 0) is 14.3 Å². The van der Waals surface area contributed by atoms with Crippen molar-refractivity contribution in [1.29, 1.82) is 0 Å². The third kappa shape index (κ3) is 9.69. The molecule has 0 aromatic heterocycles. The number of hydrogen-bond acceptors (Lipinski definition) is 4. The van der Waals surface area contributed by atoms with Crippen LogP contribution in [0.1, 0.15) is 33.6 Å². The molecular weight excluding hydrogens is 194 g/mol. The lowest BCUT2D eigenvalue weighted by Gasteiger charge is -2.13. The van der Waals surface area contributed by atoms with Crippen LogP contribution in [0.5, 0.6) is 0 Å². The Morgan fingerprint density at radius 2 is 2.00 bits per heavy atom. The molecule has 0 aromatic rings. The van der Waals surface area contributed by atoms with Gasteiger partial charge in [0, 0.05) is 12.6 Å². The van der Waals surface area contributed by atoms with Crippen molar-refractivity contribution >= 4 is 5.97 Å². The number of methoxy groups -OCH3 is 1. The number of carbonyl (C=O) groups excluding carboxylic acids is 1. The number of ether oxygens (including phenoxy) is 2. The predicted molar refractivity (Wildman–Crippen MR) is 59.8 cm³/mol. The van der Waals surface area contributed by atoms with Gasteiger partial charge >= 0.3 is 5.97 Å². The molecule has 0 spiro atoms. The van der Waals surface area contributed by atoms with Crippen LogP contribution in [0.15, 0.2) is 0 Å². The van der Waals surface area contributed by atoms with Crippen molar-refractivity contribution in [2.24, 2.45) is 0 Å². The highest BCUT2D eigenvalue weighted by atomic mass is 16.5. The van der Waals surface area contributed by atoms with E-state index < -0.39 is 0 Å². The molecule has 0 aliphatic heterocycles. The summed E-state index contributed by atoms with van der Waals surface area (Å²) in [7, 11) is 1.41. The molecule has 0 aliphatic carbocycles. The van der Waals surface area contributed by atoms with E-state index in [2.05, 4.69) is 10.1 Å². The first-order valence-electron chi connectivity index (χ1n) is 5.48. The third-order valence-corrected chi connectivity index (χ3v) is 1.97. The molecule has 1 atom stereocenters. The van der Waals surface area contributed by atoms with E-state index in [0.717, 1.165) is 19.6 Å². The Kier molecular flexibility index (Phi) is 8.33. The lowest BCUT2D eigenvalue weighted by atomic mass is 10.2. The molecule has 0 radical (unpaired) electrons. The smallest absolute Gasteiger partial charge is 0.307 e. The molecule has 0 amide bonds. The molecule has 0 saturated heterocycles. The Morgan fingerprint density at radius 3 is 2.53 bits per heavy atom. The minimum Gasteiger partial charge on any atom is -0.469 e. The maximum atomic E-state index is 10.9. The van der Waals surface area contributed by atoms with Crippen LogP contribution in [0, 0.1) is 0 Å². The highest BCUT2D eigenvalue weighted by molar-refractivity contribution is 5.69. The first-order valence-corrected chi connectivity index (χ1v) is 5.48. The summed E-state index contributed by atoms with van der Waals surface area (Å²) < 4.78 is 9.97. The molecule has 1 unspecified atom stereocenters. The van der Waals surface area contributed by atoms with Crippen LogP contribution < -0.4 is 5.32 Å². The fraction of sp³-hybridized carbons (Fsp3) is 0.909. The topological polar surface area (TPSA) is 47.6 Å². The summed E-state index contributed by atoms with van der Waals surface area (Å²) in [5.41, 5.74) is 0. The van der Waals surface area contributed by atoms with Crippen molar-refractivity contribution in [2.45, 2.75) is 45.8 Å². The Hall–Kier alpha value is -0.610. The van der Waals surface area contributed by atoms with Crippen molar-refractivity contribution in [3.63, 3.8) is 0 Å². The zero-order valence-corrected chi connectivity index (χ0v) is 10.2. The predicted octanol–water partition coefficient (Wildman–Crippen LogP) is 1.34. The van der Waals surface area contributed by atoms with E-state index in [1.54, 1.807) is 0 Å². The summed E-state index contributed by atoms with van der Waals surface area (Å²) in [6, 6.07) is 0.163. The molecule has 0 aromatic carbocycles. The zero-order valence-electron chi connectivity index (χ0n) is 10.2. The highest BCUT2D eigenvalue weighted by Gasteiger charge is 2.07. The van der Waals surface area contributed by atoms with Crippen molar-refractivity contribution in [3.8, 4) is 0 Å². The maximum absolute atomic E-state index is 10.9. The second-order valence-electron chi connectivity index (χ2n) is 3.91. The first-order chi connectivity index (χ1) is 7.06. The largest absolute Gasteiger partial charge is 0.469 e. The molecule has 0 heterocycles. The monoisotopic (exact) mass is 217 g/mol. The van der Waals surface area contributed by atoms with Gasteiger partial charge in [-0.15, -0.1) is 0 Å². The van der Waals surface area contributed by atoms with E-state index in [4.69, 9.17) is 4.74 Å². The average molecular weight is 217 g/mol. The molecule has 0 fully saturated rings. The van der Waals surface area contributed by atoms with Gasteiger partial charge in [0.05, 0.1) is 19.6 Å². The van der Waals surface area contributed by atoms with Crippen LogP contribution >= 0.6 is 0 Å². The molecule has 0 aliphatic rings. The Bertz CT molecular complexity index is 171. The number of nitrogens with one attached hydrogen (secondary N) is 1. The number of carbonyl (C=O) groups is 1. The fourth-order valence-corrected chi connectivity index (χ4v) is 1.15. The van der Waals surface area contributed by atoms with E-state index in [1.165, 1.54) is 7.11 Å². The van der Waals surface area contributed by atoms with Gasteiger partial charge in [-0.1, -0.05) is 0 Å². The van der Waals surface area contributed by atoms with Crippen molar-refractivity contribution in [3.05, 3.63) is 0 Å². The van der Waals surface area contributed by atoms with Gasteiger partial charge in [0.25, 0.3) is 0 Å². The van der Waals surface area contributed by atoms with E-state index in [0.29, 0.717) is 6.42 Å². The zero-order chi connectivity index (χ0) is 11.7. The number of esters is 1. The lowest BCUT2D eigenvalue weighted by molar-refractivity contribution is -0.141. The normalized spacial score (nSPS) is 12.9. The first kappa shape index (κ1) is 14.4. The fourth-order valence-electron chi connectivity index (χ4n) is 1.15. The van der Waals surface area contributed by atoms with Gasteiger partial charge in [-0.25, -0.2) is 0 Å². The van der Waals surface area contributed by atoms with E-state index >= 15 is 0 Å². The van der Waals surface area contributed by atoms with E-state index in [-0.39, 0.29) is 18.1 Å². The van der Waals surface area contributed by atoms with E-state index in [1.807, 2.05) is 20.8 Å². The van der Waals surface area contributed by atoms with Crippen LogP contribution in [0.4, 0.5) is 0 Å². The van der Waals surface area contributed by atoms with Crippen molar-refractivity contribution in [2.75, 3.05) is 20.3 Å². The molecule has 15 heavy (non-hydrogen) atoms. The van der Waals surface area contributed by atoms with Crippen LogP contribution in [0.2, 0.25) is 0 Å². The van der Waals surface area contributed by atoms with Gasteiger partial charge in [0.1, 0.15) is 0 Å². The minimum atomic E-state index is -0.173. The summed E-state index contributed by atoms with van der Waals surface area (Å²) in [5.74, 6) is -0.173. The van der Waals surface area contributed by atoms with Crippen LogP contribution in [0.25, 0.3) is 0 Å². The molecule has 0 rings (SSSR count). The second kappa shape index (κ2) is 8.68. The summed E-state index contributed by atoms with van der Waals surface area (Å²) in [6.07, 6.45) is 1.67. The Balaban J connectivity index is 3.31. The van der Waals surface area contributed by atoms with Crippen molar-refractivity contribution in [1.82, 2.24) is 5.32 Å². The van der Waals surface area contributed by atoms with Crippen LogP contribution in [0.3, 0.4) is 0 Å². The highest BCUT2D eigenvalue weighted by Crippen LogP contribution is 1.94. The van der Waals surface area contributed by atoms with Gasteiger partial charge in [0.15, 0.2) is 0 Å². The molecular formula is C11H23NO3. The van der Waals surface area contributed by atoms with Crippen molar-refractivity contribution < 1.29 is 14.3 Å². The van der Waals surface area contributed by atoms with Gasteiger partial charge in [-0.3, -0.25) is 4.79 Å². The van der Waals surface area contributed by atoms with Crippen LogP contribution in [-0.4, -0.2) is 38.4 Å². The van der Waals surface area contributed by atoms with Gasteiger partial charge < -0.3 is 14.8 Å². The Labute approximate surface area is 92.3 Å². The molecule has 0 bridgehead atoms. The van der Waals surface area contributed by atoms with Gasteiger partial charge in [-0.05, 0) is 33.7 Å². The molecule has 1 N–H and O–H groups in total. The second-order valence-corrected chi connectivity index (χ2v) is 3.91. The standard InChI is InChI=1S/C11H23NO3/c1-9(2)15-7-5-6-12-10(3)8-11(13)14-4/h9-10,12H,5-8H2,1-4H3. The summed E-state index contributed by atoms with van der Waals surface area (Å²) in [4.78, 5) is 10.9. The summed E-state index contributed by atoms with van der Waals surface area (Å²) in [5, 5.41) is 3.24. The minimum absolute atomic E-state index is 0.163. The quantitative estimate of drug-likeness (QED) is 0.492. The Morgan fingerprint density at radius 1 is 1.33 bits per heavy atom. The molecule has 90 valence electrons. The van der Waals surface area contributed by atoms with E-state index in [9.17, 15) is 4.79 Å². The third-order valence-electron chi connectivity index (χ3n) is 1.97. The summed E-state index contributed by atoms with van der Waals surface area (Å²) >= 11 is 0.